The molecule has 0 spiro atoms. The molecule has 0 aliphatic carbocycles. The zero-order valence-electron chi connectivity index (χ0n) is 19.6. The molecule has 0 radical (unpaired) electrons. The molecule has 1 N–H and O–H groups in total. The molecule has 0 unspecified atom stereocenters. The number of aromatic nitrogens is 4. The van der Waals surface area contributed by atoms with Crippen LogP contribution in [0.5, 0.6) is 0 Å². The van der Waals surface area contributed by atoms with Crippen LogP contribution in [0.1, 0.15) is 32.9 Å². The van der Waals surface area contributed by atoms with Gasteiger partial charge in [0.15, 0.2) is 0 Å². The molecule has 0 bridgehead atoms. The van der Waals surface area contributed by atoms with Gasteiger partial charge in [0.25, 0.3) is 11.5 Å². The summed E-state index contributed by atoms with van der Waals surface area (Å²) in [7, 11) is 0. The molecule has 2 aromatic heterocycles. The van der Waals surface area contributed by atoms with E-state index in [-0.39, 0.29) is 17.8 Å². The quantitative estimate of drug-likeness (QED) is 0.369. The average Bonchev–Trinajstić information content (AvgIpc) is 2.90. The van der Waals surface area contributed by atoms with Crippen molar-refractivity contribution >= 4 is 5.91 Å². The second-order valence-corrected chi connectivity index (χ2v) is 8.18. The number of rotatable bonds is 6. The van der Waals surface area contributed by atoms with Crippen molar-refractivity contribution in [1.82, 2.24) is 24.6 Å². The Labute approximate surface area is 215 Å². The number of carbonyl (C=O) groups excluding carboxylic acids is 1. The van der Waals surface area contributed by atoms with Crippen LogP contribution in [0, 0.1) is 0 Å². The molecule has 4 rings (SSSR count). The average molecular weight is 549 g/mol. The maximum absolute atomic E-state index is 13.2. The van der Waals surface area contributed by atoms with Crippen molar-refractivity contribution in [1.29, 1.82) is 0 Å². The summed E-state index contributed by atoms with van der Waals surface area (Å²) < 4.78 is 78.9. The highest BCUT2D eigenvalue weighted by Gasteiger charge is 2.31. The molecule has 0 atom stereocenters. The van der Waals surface area contributed by atoms with E-state index < -0.39 is 52.9 Å². The molecule has 2 aromatic carbocycles. The maximum Gasteiger partial charge on any atom is 0.416 e. The molecule has 0 fully saturated rings. The molecule has 0 aliphatic heterocycles. The van der Waals surface area contributed by atoms with Crippen LogP contribution in [-0.4, -0.2) is 25.2 Å². The Bertz CT molecular complexity index is 1590. The van der Waals surface area contributed by atoms with Gasteiger partial charge in [-0.1, -0.05) is 18.2 Å². The zero-order chi connectivity index (χ0) is 28.4. The van der Waals surface area contributed by atoms with Crippen molar-refractivity contribution in [2.75, 3.05) is 0 Å². The van der Waals surface area contributed by atoms with Gasteiger partial charge in [-0.05, 0) is 54.1 Å². The summed E-state index contributed by atoms with van der Waals surface area (Å²) in [6, 6.07) is 11.8. The van der Waals surface area contributed by atoms with Gasteiger partial charge in [0.05, 0.1) is 35.6 Å². The molecule has 0 saturated heterocycles. The monoisotopic (exact) mass is 549 g/mol. The minimum Gasteiger partial charge on any atom is -0.345 e. The summed E-state index contributed by atoms with van der Waals surface area (Å²) in [5.74, 6) is -1.01. The highest BCUT2D eigenvalue weighted by molar-refractivity contribution is 5.91. The summed E-state index contributed by atoms with van der Waals surface area (Å²) in [6.07, 6.45) is -7.80. The lowest BCUT2D eigenvalue weighted by Gasteiger charge is -2.14. The molecule has 14 heteroatoms. The second kappa shape index (κ2) is 10.6. The first-order valence-corrected chi connectivity index (χ1v) is 11.1. The van der Waals surface area contributed by atoms with Gasteiger partial charge in [-0.25, -0.2) is 4.79 Å². The van der Waals surface area contributed by atoms with Crippen LogP contribution in [0.2, 0.25) is 0 Å². The summed E-state index contributed by atoms with van der Waals surface area (Å²) in [4.78, 5) is 43.2. The summed E-state index contributed by atoms with van der Waals surface area (Å²) in [6.45, 7) is -0.654. The molecular weight excluding hydrogens is 532 g/mol. The molecule has 1 amide bonds. The van der Waals surface area contributed by atoms with Crippen molar-refractivity contribution < 1.29 is 31.1 Å². The van der Waals surface area contributed by atoms with Crippen LogP contribution in [0.3, 0.4) is 0 Å². The number of amides is 1. The standard InChI is InChI=1S/C25H17F6N5O3/c26-24(27,28)16-6-4-15(5-7-16)14-35-22(38)20(21(37)33-13-18-3-1-2-12-32-18)34-36(23(35)39)19-10-8-17(9-11-19)25(29,30)31/h1-12H,13-14H2,(H,33,37). The largest absolute Gasteiger partial charge is 0.416 e. The van der Waals surface area contributed by atoms with E-state index in [2.05, 4.69) is 15.4 Å². The molecule has 2 heterocycles. The van der Waals surface area contributed by atoms with E-state index in [1.165, 1.54) is 6.20 Å². The van der Waals surface area contributed by atoms with Gasteiger partial charge in [-0.2, -0.15) is 36.1 Å². The van der Waals surface area contributed by atoms with E-state index in [0.717, 1.165) is 36.4 Å². The number of carbonyl (C=O) groups is 1. The predicted molar refractivity (Wildman–Crippen MR) is 125 cm³/mol. The summed E-state index contributed by atoms with van der Waals surface area (Å²) in [5, 5.41) is 6.24. The van der Waals surface area contributed by atoms with Crippen molar-refractivity contribution in [2.24, 2.45) is 0 Å². The normalized spacial score (nSPS) is 11.8. The van der Waals surface area contributed by atoms with Crippen molar-refractivity contribution in [2.45, 2.75) is 25.4 Å². The van der Waals surface area contributed by atoms with Crippen LogP contribution in [0.4, 0.5) is 26.3 Å². The van der Waals surface area contributed by atoms with E-state index >= 15 is 0 Å². The molecule has 0 aliphatic rings. The van der Waals surface area contributed by atoms with Crippen molar-refractivity contribution in [3.63, 3.8) is 0 Å². The Morgan fingerprint density at radius 3 is 1.95 bits per heavy atom. The number of alkyl halides is 6. The molecule has 8 nitrogen and oxygen atoms in total. The van der Waals surface area contributed by atoms with Crippen LogP contribution < -0.4 is 16.6 Å². The maximum atomic E-state index is 13.2. The third kappa shape index (κ3) is 6.22. The fraction of sp³-hybridized carbons (Fsp3) is 0.160. The topological polar surface area (TPSA) is 98.9 Å². The van der Waals surface area contributed by atoms with Gasteiger partial charge in [0, 0.05) is 6.20 Å². The van der Waals surface area contributed by atoms with Gasteiger partial charge >= 0.3 is 18.0 Å². The molecule has 0 saturated carbocycles. The van der Waals surface area contributed by atoms with Gasteiger partial charge in [-0.15, -0.1) is 0 Å². The van der Waals surface area contributed by atoms with E-state index in [1.807, 2.05) is 0 Å². The molecule has 39 heavy (non-hydrogen) atoms. The van der Waals surface area contributed by atoms with Crippen LogP contribution in [0.15, 0.2) is 82.5 Å². The minimum absolute atomic E-state index is 0.112. The van der Waals surface area contributed by atoms with E-state index in [0.29, 0.717) is 27.1 Å². The first-order chi connectivity index (χ1) is 18.3. The highest BCUT2D eigenvalue weighted by Crippen LogP contribution is 2.30. The third-order valence-electron chi connectivity index (χ3n) is 5.49. The van der Waals surface area contributed by atoms with Gasteiger partial charge in [0.1, 0.15) is 0 Å². The van der Waals surface area contributed by atoms with Gasteiger partial charge in [0.2, 0.25) is 5.69 Å². The number of nitrogens with one attached hydrogen (secondary N) is 1. The second-order valence-electron chi connectivity index (χ2n) is 8.18. The Morgan fingerprint density at radius 1 is 0.821 bits per heavy atom. The Balaban J connectivity index is 1.77. The van der Waals surface area contributed by atoms with Gasteiger partial charge in [-0.3, -0.25) is 19.1 Å². The van der Waals surface area contributed by atoms with E-state index in [4.69, 9.17) is 0 Å². The Kier molecular flexibility index (Phi) is 7.38. The number of hydrogen-bond acceptors (Lipinski definition) is 5. The van der Waals surface area contributed by atoms with E-state index in [9.17, 15) is 40.7 Å². The fourth-order valence-electron chi connectivity index (χ4n) is 3.50. The van der Waals surface area contributed by atoms with Crippen LogP contribution in [-0.2, 0) is 25.4 Å². The lowest BCUT2D eigenvalue weighted by atomic mass is 10.1. The number of nitrogens with zero attached hydrogens (tertiary/aromatic N) is 4. The number of pyridine rings is 1. The van der Waals surface area contributed by atoms with Crippen LogP contribution >= 0.6 is 0 Å². The summed E-state index contributed by atoms with van der Waals surface area (Å²) >= 11 is 0. The molecular formula is C25H17F6N5O3. The van der Waals surface area contributed by atoms with E-state index in [1.54, 1.807) is 18.2 Å². The smallest absolute Gasteiger partial charge is 0.345 e. The third-order valence-corrected chi connectivity index (χ3v) is 5.49. The Morgan fingerprint density at radius 2 is 1.41 bits per heavy atom. The number of hydrogen-bond donors (Lipinski definition) is 1. The Hall–Kier alpha value is -4.75. The number of halogens is 6. The summed E-state index contributed by atoms with van der Waals surface area (Å²) in [5.41, 5.74) is -4.64. The number of benzene rings is 2. The minimum atomic E-state index is -4.66. The first kappa shape index (κ1) is 27.3. The SMILES string of the molecule is O=C(NCc1ccccn1)c1nn(-c2ccc(C(F)(F)F)cc2)c(=O)n(Cc2ccc(C(F)(F)F)cc2)c1=O. The molecule has 4 aromatic rings. The highest BCUT2D eigenvalue weighted by atomic mass is 19.4. The van der Waals surface area contributed by atoms with Crippen molar-refractivity contribution in [3.05, 3.63) is 122 Å². The van der Waals surface area contributed by atoms with Crippen LogP contribution in [0.25, 0.3) is 5.69 Å². The lowest BCUT2D eigenvalue weighted by molar-refractivity contribution is -0.138. The zero-order valence-corrected chi connectivity index (χ0v) is 19.6. The van der Waals surface area contributed by atoms with Crippen molar-refractivity contribution in [3.8, 4) is 5.69 Å². The first-order valence-electron chi connectivity index (χ1n) is 11.1. The van der Waals surface area contributed by atoms with Gasteiger partial charge < -0.3 is 5.32 Å². The molecule has 202 valence electrons. The lowest BCUT2D eigenvalue weighted by Crippen LogP contribution is -2.46. The predicted octanol–water partition coefficient (Wildman–Crippen LogP) is 3.81. The fourth-order valence-corrected chi connectivity index (χ4v) is 3.50.